The molecule has 0 aromatic carbocycles. The lowest BCUT2D eigenvalue weighted by atomic mass is 9.98. The minimum absolute atomic E-state index is 0.303. The third-order valence-corrected chi connectivity index (χ3v) is 5.17. The van der Waals surface area contributed by atoms with Crippen LogP contribution in [0.4, 0.5) is 4.79 Å². The van der Waals surface area contributed by atoms with Crippen molar-refractivity contribution in [3.05, 3.63) is 64.2 Å². The zero-order valence-corrected chi connectivity index (χ0v) is 16.4. The number of hydrogen-bond donors (Lipinski definition) is 1. The van der Waals surface area contributed by atoms with Crippen molar-refractivity contribution in [2.75, 3.05) is 13.1 Å². The maximum absolute atomic E-state index is 10.9. The molecule has 2 aromatic rings. The zero-order valence-electron chi connectivity index (χ0n) is 14.8. The van der Waals surface area contributed by atoms with Crippen molar-refractivity contribution in [1.82, 2.24) is 14.9 Å². The maximum Gasteiger partial charge on any atom is 0.407 e. The summed E-state index contributed by atoms with van der Waals surface area (Å²) in [6, 6.07) is 7.62. The highest BCUT2D eigenvalue weighted by molar-refractivity contribution is 9.10. The van der Waals surface area contributed by atoms with Crippen molar-refractivity contribution in [2.45, 2.75) is 6.42 Å². The molecule has 4 rings (SSSR count). The number of nitrogens with zero attached hydrogens (tertiary/aromatic N) is 5. The SMILES string of the molecule is N#Cc1cncc(Br)c1.N#Cc1cncc(C2=C[C@H]3CN(C(=O)O)C[C@H]3C2)c1. The molecular formula is C20H16BrN5O2. The number of hydrogen-bond acceptors (Lipinski definition) is 5. The number of rotatable bonds is 1. The van der Waals surface area contributed by atoms with Gasteiger partial charge in [-0.15, -0.1) is 0 Å². The first-order valence-electron chi connectivity index (χ1n) is 8.55. The quantitative estimate of drug-likeness (QED) is 0.727. The van der Waals surface area contributed by atoms with E-state index in [2.05, 4.69) is 38.0 Å². The van der Waals surface area contributed by atoms with Gasteiger partial charge in [0.2, 0.25) is 0 Å². The number of fused-ring (bicyclic) bond motifs is 1. The van der Waals surface area contributed by atoms with Gasteiger partial charge in [0.15, 0.2) is 0 Å². The molecule has 2 aromatic heterocycles. The molecule has 7 nitrogen and oxygen atoms in total. The zero-order chi connectivity index (χ0) is 20.1. The highest BCUT2D eigenvalue weighted by atomic mass is 79.9. The predicted molar refractivity (Wildman–Crippen MR) is 105 cm³/mol. The molecule has 2 aliphatic rings. The summed E-state index contributed by atoms with van der Waals surface area (Å²) >= 11 is 3.19. The fraction of sp³-hybridized carbons (Fsp3) is 0.250. The van der Waals surface area contributed by atoms with Crippen molar-refractivity contribution in [3.8, 4) is 12.1 Å². The third-order valence-electron chi connectivity index (χ3n) is 4.73. The monoisotopic (exact) mass is 437 g/mol. The van der Waals surface area contributed by atoms with Crippen LogP contribution in [0.1, 0.15) is 23.1 Å². The summed E-state index contributed by atoms with van der Waals surface area (Å²) in [7, 11) is 0. The second-order valence-corrected chi connectivity index (χ2v) is 7.50. The van der Waals surface area contributed by atoms with Gasteiger partial charge in [0.05, 0.1) is 11.1 Å². The molecule has 0 bridgehead atoms. The smallest absolute Gasteiger partial charge is 0.407 e. The molecular weight excluding hydrogens is 422 g/mol. The number of carboxylic acid groups (broad SMARTS) is 1. The Kier molecular flexibility index (Phi) is 6.03. The molecule has 3 heterocycles. The van der Waals surface area contributed by atoms with Crippen LogP contribution in [0.25, 0.3) is 5.57 Å². The van der Waals surface area contributed by atoms with Crippen LogP contribution >= 0.6 is 15.9 Å². The summed E-state index contributed by atoms with van der Waals surface area (Å²) < 4.78 is 0.835. The van der Waals surface area contributed by atoms with Gasteiger partial charge in [-0.1, -0.05) is 6.08 Å². The number of allylic oxidation sites excluding steroid dienone is 1. The molecule has 28 heavy (non-hydrogen) atoms. The highest BCUT2D eigenvalue weighted by Crippen LogP contribution is 2.40. The van der Waals surface area contributed by atoms with Crippen LogP contribution in [0, 0.1) is 34.5 Å². The number of likely N-dealkylation sites (tertiary alicyclic amines) is 1. The fourth-order valence-corrected chi connectivity index (χ4v) is 3.79. The van der Waals surface area contributed by atoms with E-state index in [4.69, 9.17) is 15.6 Å². The van der Waals surface area contributed by atoms with Crippen molar-refractivity contribution >= 4 is 27.6 Å². The van der Waals surface area contributed by atoms with E-state index < -0.39 is 6.09 Å². The van der Waals surface area contributed by atoms with E-state index in [1.807, 2.05) is 12.1 Å². The first-order chi connectivity index (χ1) is 13.5. The third kappa shape index (κ3) is 4.54. The number of carbonyl (C=O) groups is 1. The van der Waals surface area contributed by atoms with Crippen LogP contribution in [0.2, 0.25) is 0 Å². The standard InChI is InChI=1S/C14H13N3O2.C6H3BrN2/c15-4-9-1-11(6-16-5-9)10-2-12-7-17(14(18)19)8-13(12)3-10;7-6-1-5(2-8)3-9-4-6/h1-2,5-6,12-13H,3,7-8H2,(H,18,19);1,3-4H/t12-,13+;/m0./s1. The minimum atomic E-state index is -0.836. The molecule has 1 aliphatic carbocycles. The molecule has 0 saturated carbocycles. The largest absolute Gasteiger partial charge is 0.465 e. The second kappa shape index (κ2) is 8.64. The number of halogens is 1. The van der Waals surface area contributed by atoms with Gasteiger partial charge in [0, 0.05) is 42.3 Å². The van der Waals surface area contributed by atoms with E-state index in [0.29, 0.717) is 36.1 Å². The molecule has 1 aliphatic heterocycles. The molecule has 1 amide bonds. The number of aromatic nitrogens is 2. The Hall–Kier alpha value is -3.23. The Morgan fingerprint density at radius 2 is 1.79 bits per heavy atom. The van der Waals surface area contributed by atoms with Gasteiger partial charge in [0.1, 0.15) is 12.1 Å². The highest BCUT2D eigenvalue weighted by Gasteiger charge is 2.38. The van der Waals surface area contributed by atoms with E-state index in [1.165, 1.54) is 16.7 Å². The molecule has 2 atom stereocenters. The molecule has 1 saturated heterocycles. The average molecular weight is 438 g/mol. The number of amides is 1. The summed E-state index contributed by atoms with van der Waals surface area (Å²) in [6.07, 6.45) is 8.65. The summed E-state index contributed by atoms with van der Waals surface area (Å²) in [5.41, 5.74) is 3.30. The van der Waals surface area contributed by atoms with Gasteiger partial charge in [-0.3, -0.25) is 9.97 Å². The van der Waals surface area contributed by atoms with Gasteiger partial charge in [-0.2, -0.15) is 10.5 Å². The average Bonchev–Trinajstić information content (AvgIpc) is 3.28. The lowest BCUT2D eigenvalue weighted by Gasteiger charge is -2.12. The van der Waals surface area contributed by atoms with Gasteiger partial charge in [-0.25, -0.2) is 4.79 Å². The normalized spacial score (nSPS) is 19.5. The molecule has 0 radical (unpaired) electrons. The number of nitriles is 2. The predicted octanol–water partition coefficient (Wildman–Crippen LogP) is 3.68. The Morgan fingerprint density at radius 3 is 2.36 bits per heavy atom. The Morgan fingerprint density at radius 1 is 1.11 bits per heavy atom. The van der Waals surface area contributed by atoms with E-state index >= 15 is 0 Å². The Balaban J connectivity index is 0.000000211. The summed E-state index contributed by atoms with van der Waals surface area (Å²) in [6.45, 7) is 1.18. The lowest BCUT2D eigenvalue weighted by molar-refractivity contribution is 0.153. The fourth-order valence-electron chi connectivity index (χ4n) is 3.43. The molecule has 1 fully saturated rings. The van der Waals surface area contributed by atoms with E-state index in [-0.39, 0.29) is 0 Å². The first kappa shape index (κ1) is 19.5. The van der Waals surface area contributed by atoms with Crippen LogP contribution in [0.15, 0.2) is 47.5 Å². The molecule has 0 spiro atoms. The van der Waals surface area contributed by atoms with Crippen LogP contribution in [0.5, 0.6) is 0 Å². The van der Waals surface area contributed by atoms with Crippen molar-refractivity contribution in [3.63, 3.8) is 0 Å². The van der Waals surface area contributed by atoms with Crippen LogP contribution < -0.4 is 0 Å². The summed E-state index contributed by atoms with van der Waals surface area (Å²) in [5.74, 6) is 0.675. The molecule has 0 unspecified atom stereocenters. The second-order valence-electron chi connectivity index (χ2n) is 6.59. The van der Waals surface area contributed by atoms with E-state index in [9.17, 15) is 4.79 Å². The maximum atomic E-state index is 10.9. The number of pyridine rings is 2. The lowest BCUT2D eigenvalue weighted by Crippen LogP contribution is -2.27. The Labute approximate surface area is 170 Å². The van der Waals surface area contributed by atoms with Crippen molar-refractivity contribution in [1.29, 1.82) is 10.5 Å². The van der Waals surface area contributed by atoms with Gasteiger partial charge in [-0.05, 0) is 57.5 Å². The minimum Gasteiger partial charge on any atom is -0.465 e. The van der Waals surface area contributed by atoms with Gasteiger partial charge >= 0.3 is 6.09 Å². The molecule has 1 N–H and O–H groups in total. The van der Waals surface area contributed by atoms with Crippen LogP contribution in [-0.4, -0.2) is 39.2 Å². The van der Waals surface area contributed by atoms with Crippen LogP contribution in [0.3, 0.4) is 0 Å². The Bertz CT molecular complexity index is 1010. The topological polar surface area (TPSA) is 114 Å². The molecule has 140 valence electrons. The van der Waals surface area contributed by atoms with Gasteiger partial charge < -0.3 is 10.0 Å². The summed E-state index contributed by atoms with van der Waals surface area (Å²) in [4.78, 5) is 20.3. The van der Waals surface area contributed by atoms with Crippen molar-refractivity contribution < 1.29 is 9.90 Å². The van der Waals surface area contributed by atoms with Crippen LogP contribution in [-0.2, 0) is 0 Å². The van der Waals surface area contributed by atoms with Gasteiger partial charge in [0.25, 0.3) is 0 Å². The first-order valence-corrected chi connectivity index (χ1v) is 9.34. The summed E-state index contributed by atoms with van der Waals surface area (Å²) in [5, 5.41) is 26.2. The van der Waals surface area contributed by atoms with E-state index in [1.54, 1.807) is 24.7 Å². The molecule has 8 heteroatoms. The van der Waals surface area contributed by atoms with E-state index in [0.717, 1.165) is 16.5 Å². The van der Waals surface area contributed by atoms with Crippen molar-refractivity contribution in [2.24, 2.45) is 11.8 Å².